The van der Waals surface area contributed by atoms with Crippen LogP contribution in [0.2, 0.25) is 0 Å². The standard InChI is InChI=1S/C16H17N5O2S/c22-8-6-13(14-4-3-9-24-14)20-16(23)19-12-10-18-21(11-12)15-5-1-2-7-17-15/h1-5,7,9-11,13,22H,6,8H2,(H2,19,20,23)/t13-/m0/s1. The van der Waals surface area contributed by atoms with Crippen molar-refractivity contribution < 1.29 is 9.90 Å². The molecule has 0 bridgehead atoms. The number of amides is 2. The number of nitrogens with zero attached hydrogens (tertiary/aromatic N) is 3. The van der Waals surface area contributed by atoms with E-state index in [1.165, 1.54) is 0 Å². The average molecular weight is 343 g/mol. The van der Waals surface area contributed by atoms with Crippen LogP contribution in [0.1, 0.15) is 17.3 Å². The molecule has 0 radical (unpaired) electrons. The minimum atomic E-state index is -0.345. The highest BCUT2D eigenvalue weighted by Crippen LogP contribution is 2.22. The maximum Gasteiger partial charge on any atom is 0.319 e. The van der Waals surface area contributed by atoms with E-state index in [0.717, 1.165) is 4.88 Å². The fourth-order valence-corrected chi connectivity index (χ4v) is 3.04. The molecule has 3 aromatic heterocycles. The van der Waals surface area contributed by atoms with Crippen molar-refractivity contribution in [1.29, 1.82) is 0 Å². The number of rotatable bonds is 6. The van der Waals surface area contributed by atoms with Gasteiger partial charge in [0.25, 0.3) is 0 Å². The van der Waals surface area contributed by atoms with Gasteiger partial charge in [0, 0.05) is 17.7 Å². The van der Waals surface area contributed by atoms with Crippen LogP contribution in [0, 0.1) is 0 Å². The largest absolute Gasteiger partial charge is 0.396 e. The molecule has 0 aliphatic rings. The van der Waals surface area contributed by atoms with Gasteiger partial charge in [0.1, 0.15) is 0 Å². The molecule has 3 heterocycles. The summed E-state index contributed by atoms with van der Waals surface area (Å²) in [5.41, 5.74) is 0.562. The lowest BCUT2D eigenvalue weighted by Crippen LogP contribution is -2.32. The highest BCUT2D eigenvalue weighted by molar-refractivity contribution is 7.10. The summed E-state index contributed by atoms with van der Waals surface area (Å²) in [6.07, 6.45) is 5.38. The number of carbonyl (C=O) groups is 1. The first kappa shape index (κ1) is 16.2. The lowest BCUT2D eigenvalue weighted by Gasteiger charge is -2.16. The zero-order valence-corrected chi connectivity index (χ0v) is 13.6. The average Bonchev–Trinajstić information content (AvgIpc) is 3.27. The fourth-order valence-electron chi connectivity index (χ4n) is 2.23. The minimum absolute atomic E-state index is 0.000452. The number of urea groups is 1. The Balaban J connectivity index is 1.63. The monoisotopic (exact) mass is 343 g/mol. The maximum absolute atomic E-state index is 12.2. The molecular weight excluding hydrogens is 326 g/mol. The van der Waals surface area contributed by atoms with Crippen molar-refractivity contribution in [3.8, 4) is 5.82 Å². The number of aliphatic hydroxyl groups is 1. The highest BCUT2D eigenvalue weighted by atomic mass is 32.1. The van der Waals surface area contributed by atoms with Crippen molar-refractivity contribution in [2.24, 2.45) is 0 Å². The van der Waals surface area contributed by atoms with Gasteiger partial charge in [-0.25, -0.2) is 14.5 Å². The molecule has 3 aromatic rings. The zero-order valence-electron chi connectivity index (χ0n) is 12.8. The Labute approximate surface area is 143 Å². The first-order valence-corrected chi connectivity index (χ1v) is 8.32. The van der Waals surface area contributed by atoms with Crippen molar-refractivity contribution in [3.05, 3.63) is 59.2 Å². The third-order valence-corrected chi connectivity index (χ3v) is 4.32. The molecule has 0 spiro atoms. The molecule has 0 saturated carbocycles. The molecule has 3 N–H and O–H groups in total. The lowest BCUT2D eigenvalue weighted by atomic mass is 10.2. The smallest absolute Gasteiger partial charge is 0.319 e. The summed E-state index contributed by atoms with van der Waals surface area (Å²) < 4.78 is 1.58. The molecule has 0 fully saturated rings. The Hall–Kier alpha value is -2.71. The van der Waals surface area contributed by atoms with Crippen LogP contribution in [0.15, 0.2) is 54.3 Å². The molecule has 24 heavy (non-hydrogen) atoms. The Morgan fingerprint density at radius 3 is 2.96 bits per heavy atom. The molecule has 0 aromatic carbocycles. The van der Waals surface area contributed by atoms with Crippen LogP contribution < -0.4 is 10.6 Å². The number of aliphatic hydroxyl groups excluding tert-OH is 1. The van der Waals surface area contributed by atoms with Crippen molar-refractivity contribution in [2.75, 3.05) is 11.9 Å². The van der Waals surface area contributed by atoms with Gasteiger partial charge >= 0.3 is 6.03 Å². The Kier molecular flexibility index (Phi) is 5.19. The summed E-state index contributed by atoms with van der Waals surface area (Å²) in [6, 6.07) is 8.80. The molecular formula is C16H17N5O2S. The Morgan fingerprint density at radius 1 is 1.33 bits per heavy atom. The van der Waals surface area contributed by atoms with Gasteiger partial charge < -0.3 is 15.7 Å². The van der Waals surface area contributed by atoms with Crippen LogP contribution >= 0.6 is 11.3 Å². The molecule has 0 unspecified atom stereocenters. The van der Waals surface area contributed by atoms with Crippen molar-refractivity contribution >= 4 is 23.1 Å². The molecule has 7 nitrogen and oxygen atoms in total. The van der Waals surface area contributed by atoms with E-state index in [4.69, 9.17) is 0 Å². The van der Waals surface area contributed by atoms with Gasteiger partial charge in [0.2, 0.25) is 0 Å². The van der Waals surface area contributed by atoms with Crippen molar-refractivity contribution in [2.45, 2.75) is 12.5 Å². The second-order valence-electron chi connectivity index (χ2n) is 5.04. The van der Waals surface area contributed by atoms with Crippen LogP contribution in [0.5, 0.6) is 0 Å². The van der Waals surface area contributed by atoms with Crippen molar-refractivity contribution in [1.82, 2.24) is 20.1 Å². The molecule has 124 valence electrons. The van der Waals surface area contributed by atoms with E-state index in [0.29, 0.717) is 17.9 Å². The predicted octanol–water partition coefficient (Wildman–Crippen LogP) is 2.57. The van der Waals surface area contributed by atoms with Crippen LogP contribution in [-0.4, -0.2) is 32.5 Å². The number of carbonyl (C=O) groups excluding carboxylic acids is 1. The summed E-state index contributed by atoms with van der Waals surface area (Å²) in [6.45, 7) is 0.000452. The number of hydrogen-bond donors (Lipinski definition) is 3. The van der Waals surface area contributed by atoms with Gasteiger partial charge in [-0.15, -0.1) is 11.3 Å². The molecule has 2 amide bonds. The molecule has 3 rings (SSSR count). The first-order valence-electron chi connectivity index (χ1n) is 7.44. The molecule has 8 heteroatoms. The number of pyridine rings is 1. The highest BCUT2D eigenvalue weighted by Gasteiger charge is 2.15. The van der Waals surface area contributed by atoms with Gasteiger partial charge in [-0.1, -0.05) is 12.1 Å². The third kappa shape index (κ3) is 3.98. The number of hydrogen-bond acceptors (Lipinski definition) is 5. The summed E-state index contributed by atoms with van der Waals surface area (Å²) in [7, 11) is 0. The zero-order chi connectivity index (χ0) is 16.8. The van der Waals surface area contributed by atoms with Gasteiger partial charge in [-0.3, -0.25) is 0 Å². The van der Waals surface area contributed by atoms with Crippen LogP contribution in [0.25, 0.3) is 5.82 Å². The van der Waals surface area contributed by atoms with Crippen LogP contribution in [-0.2, 0) is 0 Å². The maximum atomic E-state index is 12.2. The molecule has 1 atom stereocenters. The third-order valence-electron chi connectivity index (χ3n) is 3.33. The predicted molar refractivity (Wildman–Crippen MR) is 92.3 cm³/mol. The minimum Gasteiger partial charge on any atom is -0.396 e. The number of nitrogens with one attached hydrogen (secondary N) is 2. The molecule has 0 aliphatic carbocycles. The van der Waals surface area contributed by atoms with Gasteiger partial charge in [0.15, 0.2) is 5.82 Å². The molecule has 0 saturated heterocycles. The SMILES string of the molecule is O=C(Nc1cnn(-c2ccccn2)c1)N[C@@H](CCO)c1cccs1. The summed E-state index contributed by atoms with van der Waals surface area (Å²) in [4.78, 5) is 17.4. The van der Waals surface area contributed by atoms with E-state index in [2.05, 4.69) is 20.7 Å². The second-order valence-corrected chi connectivity index (χ2v) is 6.02. The van der Waals surface area contributed by atoms with Gasteiger partial charge in [-0.2, -0.15) is 5.10 Å². The van der Waals surface area contributed by atoms with E-state index in [1.54, 1.807) is 34.6 Å². The van der Waals surface area contributed by atoms with E-state index in [1.807, 2.05) is 35.7 Å². The number of anilines is 1. The van der Waals surface area contributed by atoms with E-state index in [9.17, 15) is 9.90 Å². The van der Waals surface area contributed by atoms with Crippen LogP contribution in [0.3, 0.4) is 0 Å². The lowest BCUT2D eigenvalue weighted by molar-refractivity contribution is 0.239. The second kappa shape index (κ2) is 7.71. The number of thiophene rings is 1. The summed E-state index contributed by atoms with van der Waals surface area (Å²) >= 11 is 1.54. The number of aromatic nitrogens is 3. The molecule has 0 aliphatic heterocycles. The first-order chi connectivity index (χ1) is 11.8. The summed E-state index contributed by atoms with van der Waals surface area (Å²) in [5.74, 6) is 0.669. The Morgan fingerprint density at radius 2 is 2.25 bits per heavy atom. The summed E-state index contributed by atoms with van der Waals surface area (Å²) in [5, 5.41) is 20.9. The quantitative estimate of drug-likeness (QED) is 0.641. The van der Waals surface area contributed by atoms with Gasteiger partial charge in [-0.05, 0) is 30.0 Å². The van der Waals surface area contributed by atoms with E-state index < -0.39 is 0 Å². The van der Waals surface area contributed by atoms with E-state index >= 15 is 0 Å². The van der Waals surface area contributed by atoms with E-state index in [-0.39, 0.29) is 18.7 Å². The topological polar surface area (TPSA) is 92.1 Å². The fraction of sp³-hybridized carbons (Fsp3) is 0.188. The normalized spacial score (nSPS) is 11.9. The van der Waals surface area contributed by atoms with Crippen molar-refractivity contribution in [3.63, 3.8) is 0 Å². The van der Waals surface area contributed by atoms with Crippen LogP contribution in [0.4, 0.5) is 10.5 Å². The van der Waals surface area contributed by atoms with Gasteiger partial charge in [0.05, 0.1) is 24.1 Å². The Bertz CT molecular complexity index is 773.